The summed E-state index contributed by atoms with van der Waals surface area (Å²) in [5.74, 6) is -3.37. The van der Waals surface area contributed by atoms with E-state index in [0.717, 1.165) is 11.8 Å². The number of amides is 2. The largest absolute Gasteiger partial charge is 0.502 e. The maximum absolute atomic E-state index is 12.0. The van der Waals surface area contributed by atoms with Gasteiger partial charge in [0.2, 0.25) is 23.3 Å². The Kier molecular flexibility index (Phi) is 4.45. The molecule has 3 rings (SSSR count). The van der Waals surface area contributed by atoms with Crippen LogP contribution in [0.1, 0.15) is 19.8 Å². The maximum atomic E-state index is 12.0. The second kappa shape index (κ2) is 6.42. The Hall–Kier alpha value is -2.51. The zero-order chi connectivity index (χ0) is 18.3. The molecule has 0 atom stereocenters. The predicted molar refractivity (Wildman–Crippen MR) is 88.9 cm³/mol. The molecule has 0 spiro atoms. The lowest BCUT2D eigenvalue weighted by Gasteiger charge is -2.11. The Morgan fingerprint density at radius 2 is 1.88 bits per heavy atom. The van der Waals surface area contributed by atoms with Crippen LogP contribution in [0.25, 0.3) is 11.3 Å². The molecule has 1 saturated heterocycles. The number of carbonyl (C=O) groups excluding carboxylic acids is 3. The second-order valence-corrected chi connectivity index (χ2v) is 6.02. The van der Waals surface area contributed by atoms with Gasteiger partial charge in [-0.15, -0.1) is 0 Å². The van der Waals surface area contributed by atoms with E-state index < -0.39 is 29.3 Å². The van der Waals surface area contributed by atoms with Crippen LogP contribution in [0.2, 0.25) is 10.0 Å². The Balaban J connectivity index is 2.22. The normalized spacial score (nSPS) is 14.3. The summed E-state index contributed by atoms with van der Waals surface area (Å²) in [5, 5.41) is 10.7. The van der Waals surface area contributed by atoms with Gasteiger partial charge in [0.1, 0.15) is 0 Å². The van der Waals surface area contributed by atoms with Crippen LogP contribution in [0, 0.1) is 0 Å². The Morgan fingerprint density at radius 1 is 1.24 bits per heavy atom. The summed E-state index contributed by atoms with van der Waals surface area (Å²) < 4.78 is 10.5. The van der Waals surface area contributed by atoms with Gasteiger partial charge in [-0.1, -0.05) is 29.3 Å². The van der Waals surface area contributed by atoms with Gasteiger partial charge >= 0.3 is 5.97 Å². The number of hydrogen-bond donors (Lipinski definition) is 1. The molecule has 2 amide bonds. The van der Waals surface area contributed by atoms with Crippen LogP contribution >= 0.6 is 23.2 Å². The average Bonchev–Trinajstić information content (AvgIpc) is 3.03. The Bertz CT molecular complexity index is 888. The van der Waals surface area contributed by atoms with E-state index in [-0.39, 0.29) is 40.1 Å². The smallest absolute Gasteiger partial charge is 0.308 e. The third-order valence-corrected chi connectivity index (χ3v) is 4.34. The van der Waals surface area contributed by atoms with E-state index in [1.54, 1.807) is 6.07 Å². The molecule has 130 valence electrons. The number of aromatic hydroxyl groups is 1. The van der Waals surface area contributed by atoms with Crippen molar-refractivity contribution in [2.45, 2.75) is 19.8 Å². The highest BCUT2D eigenvalue weighted by atomic mass is 35.5. The van der Waals surface area contributed by atoms with Crippen molar-refractivity contribution >= 4 is 46.9 Å². The fourth-order valence-corrected chi connectivity index (χ4v) is 2.83. The number of hydrogen-bond acceptors (Lipinski definition) is 6. The monoisotopic (exact) mass is 383 g/mol. The van der Waals surface area contributed by atoms with Crippen LogP contribution in [0.4, 0.5) is 5.88 Å². The van der Waals surface area contributed by atoms with Gasteiger partial charge in [-0.05, 0) is 12.1 Å². The quantitative estimate of drug-likeness (QED) is 0.642. The molecule has 0 saturated carbocycles. The Labute approximate surface area is 151 Å². The topological polar surface area (TPSA) is 97.0 Å². The van der Waals surface area contributed by atoms with Crippen molar-refractivity contribution < 1.29 is 28.6 Å². The zero-order valence-corrected chi connectivity index (χ0v) is 14.3. The van der Waals surface area contributed by atoms with Gasteiger partial charge in [0, 0.05) is 25.3 Å². The fourth-order valence-electron chi connectivity index (χ4n) is 2.44. The first-order valence-corrected chi connectivity index (χ1v) is 7.91. The van der Waals surface area contributed by atoms with E-state index in [0.29, 0.717) is 0 Å². The van der Waals surface area contributed by atoms with Crippen LogP contribution in [-0.2, 0) is 14.4 Å². The number of carbonyl (C=O) groups is 3. The van der Waals surface area contributed by atoms with Gasteiger partial charge in [0.15, 0.2) is 5.76 Å². The number of nitrogens with zero attached hydrogens (tertiary/aromatic N) is 1. The Morgan fingerprint density at radius 3 is 2.48 bits per heavy atom. The van der Waals surface area contributed by atoms with E-state index in [2.05, 4.69) is 0 Å². The number of anilines is 1. The van der Waals surface area contributed by atoms with Gasteiger partial charge in [-0.2, -0.15) is 0 Å². The molecule has 25 heavy (non-hydrogen) atoms. The van der Waals surface area contributed by atoms with Gasteiger partial charge < -0.3 is 14.3 Å². The lowest BCUT2D eigenvalue weighted by atomic mass is 10.1. The van der Waals surface area contributed by atoms with Crippen molar-refractivity contribution in [3.63, 3.8) is 0 Å². The number of benzene rings is 1. The first kappa shape index (κ1) is 17.3. The number of esters is 1. The molecule has 0 radical (unpaired) electrons. The molecule has 2 heterocycles. The summed E-state index contributed by atoms with van der Waals surface area (Å²) in [7, 11) is 0. The molecule has 2 aromatic rings. The van der Waals surface area contributed by atoms with Crippen molar-refractivity contribution in [2.75, 3.05) is 4.90 Å². The van der Waals surface area contributed by atoms with Gasteiger partial charge in [0.25, 0.3) is 5.88 Å². The molecule has 1 aliphatic heterocycles. The van der Waals surface area contributed by atoms with Crippen LogP contribution in [0.3, 0.4) is 0 Å². The van der Waals surface area contributed by atoms with Crippen molar-refractivity contribution in [3.05, 3.63) is 28.2 Å². The van der Waals surface area contributed by atoms with E-state index in [1.165, 1.54) is 12.1 Å². The highest BCUT2D eigenvalue weighted by Gasteiger charge is 2.38. The lowest BCUT2D eigenvalue weighted by Crippen LogP contribution is -2.28. The predicted octanol–water partition coefficient (Wildman–Crippen LogP) is 3.54. The third-order valence-electron chi connectivity index (χ3n) is 3.52. The highest BCUT2D eigenvalue weighted by molar-refractivity contribution is 6.43. The van der Waals surface area contributed by atoms with E-state index in [9.17, 15) is 19.5 Å². The number of halogens is 2. The molecule has 7 nitrogen and oxygen atoms in total. The minimum Gasteiger partial charge on any atom is -0.502 e. The van der Waals surface area contributed by atoms with Gasteiger partial charge in [0.05, 0.1) is 10.0 Å². The maximum Gasteiger partial charge on any atom is 0.308 e. The summed E-state index contributed by atoms with van der Waals surface area (Å²) in [4.78, 5) is 36.0. The van der Waals surface area contributed by atoms with Crippen molar-refractivity contribution in [3.8, 4) is 22.8 Å². The molecule has 9 heteroatoms. The van der Waals surface area contributed by atoms with Gasteiger partial charge in [-0.3, -0.25) is 14.4 Å². The first-order chi connectivity index (χ1) is 11.8. The van der Waals surface area contributed by atoms with Gasteiger partial charge in [-0.25, -0.2) is 4.90 Å². The van der Waals surface area contributed by atoms with E-state index in [4.69, 9.17) is 32.4 Å². The zero-order valence-electron chi connectivity index (χ0n) is 12.8. The number of ether oxygens (including phenoxy) is 1. The minimum absolute atomic E-state index is 0.00688. The molecule has 1 aliphatic rings. The molecular weight excluding hydrogens is 373 g/mol. The molecule has 1 fully saturated rings. The fraction of sp³-hybridized carbons (Fsp3) is 0.188. The molecule has 0 bridgehead atoms. The average molecular weight is 384 g/mol. The number of imide groups is 1. The summed E-state index contributed by atoms with van der Waals surface area (Å²) in [5.41, 5.74) is 0.213. The van der Waals surface area contributed by atoms with Crippen molar-refractivity contribution in [2.24, 2.45) is 0 Å². The van der Waals surface area contributed by atoms with Crippen LogP contribution in [-0.4, -0.2) is 22.9 Å². The van der Waals surface area contributed by atoms with Crippen LogP contribution < -0.4 is 9.64 Å². The molecular formula is C16H11Cl2NO6. The number of rotatable bonds is 3. The molecule has 0 unspecified atom stereocenters. The molecule has 1 aromatic carbocycles. The van der Waals surface area contributed by atoms with Crippen molar-refractivity contribution in [1.29, 1.82) is 0 Å². The first-order valence-electron chi connectivity index (χ1n) is 7.15. The SMILES string of the molecule is CC(=O)Oc1c(N2C(=O)CCC2=O)oc(-c2cccc(Cl)c2Cl)c1O. The third kappa shape index (κ3) is 2.96. The summed E-state index contributed by atoms with van der Waals surface area (Å²) in [6, 6.07) is 4.62. The summed E-state index contributed by atoms with van der Waals surface area (Å²) in [6.07, 6.45) is -0.0138. The molecule has 1 N–H and O–H groups in total. The molecule has 1 aromatic heterocycles. The van der Waals surface area contributed by atoms with Crippen LogP contribution in [0.15, 0.2) is 22.6 Å². The minimum atomic E-state index is -0.764. The van der Waals surface area contributed by atoms with Crippen molar-refractivity contribution in [1.82, 2.24) is 0 Å². The summed E-state index contributed by atoms with van der Waals surface area (Å²) in [6.45, 7) is 1.11. The van der Waals surface area contributed by atoms with Crippen LogP contribution in [0.5, 0.6) is 11.5 Å². The summed E-state index contributed by atoms with van der Waals surface area (Å²) >= 11 is 12.1. The number of furan rings is 1. The second-order valence-electron chi connectivity index (χ2n) is 5.23. The van der Waals surface area contributed by atoms with E-state index >= 15 is 0 Å². The standard InChI is InChI=1S/C16H11Cl2NO6/c1-7(20)24-15-13(23)14(8-3-2-4-9(17)12(8)18)25-16(15)19-10(21)5-6-11(19)22/h2-4,23H,5-6H2,1H3. The molecule has 0 aliphatic carbocycles. The lowest BCUT2D eigenvalue weighted by molar-refractivity contribution is -0.132. The highest BCUT2D eigenvalue weighted by Crippen LogP contribution is 2.50. The van der Waals surface area contributed by atoms with E-state index in [1.807, 2.05) is 0 Å².